The Balaban J connectivity index is 1.91. The summed E-state index contributed by atoms with van der Waals surface area (Å²) >= 11 is 8.63. The Kier molecular flexibility index (Phi) is 4.17. The summed E-state index contributed by atoms with van der Waals surface area (Å²) in [4.78, 5) is 12.2. The van der Waals surface area contributed by atoms with Gasteiger partial charge in [0, 0.05) is 6.54 Å². The minimum absolute atomic E-state index is 0.184. The Hall–Kier alpha value is -0.880. The second-order valence-electron chi connectivity index (χ2n) is 3.38. The van der Waals surface area contributed by atoms with E-state index < -0.39 is 6.10 Å². The molecule has 17 heavy (non-hydrogen) atoms. The largest absolute Gasteiger partial charge is 0.387 e. The van der Waals surface area contributed by atoms with Gasteiger partial charge in [0.05, 0.1) is 11.1 Å². The first kappa shape index (κ1) is 12.6. The summed E-state index contributed by atoms with van der Waals surface area (Å²) in [7, 11) is 0. The van der Waals surface area contributed by atoms with Gasteiger partial charge in [0.1, 0.15) is 4.88 Å². The summed E-state index contributed by atoms with van der Waals surface area (Å²) in [6, 6.07) is 3.51. The predicted octanol–water partition coefficient (Wildman–Crippen LogP) is 2.93. The van der Waals surface area contributed by atoms with Gasteiger partial charge >= 0.3 is 0 Å². The zero-order chi connectivity index (χ0) is 12.3. The molecule has 0 spiro atoms. The molecule has 1 amide bonds. The molecule has 0 bridgehead atoms. The lowest BCUT2D eigenvalue weighted by molar-refractivity contribution is 0.0920. The van der Waals surface area contributed by atoms with Gasteiger partial charge in [-0.05, 0) is 33.8 Å². The molecule has 1 atom stereocenters. The Morgan fingerprint density at radius 3 is 2.88 bits per heavy atom. The summed E-state index contributed by atoms with van der Waals surface area (Å²) in [6.45, 7) is 0.184. The Bertz CT molecular complexity index is 495. The maximum absolute atomic E-state index is 11.7. The molecule has 0 aromatic carbocycles. The average Bonchev–Trinajstić information content (AvgIpc) is 2.95. The fourth-order valence-corrected chi connectivity index (χ4v) is 3.07. The van der Waals surface area contributed by atoms with Crippen molar-refractivity contribution in [3.05, 3.63) is 43.7 Å². The highest BCUT2D eigenvalue weighted by Gasteiger charge is 2.14. The van der Waals surface area contributed by atoms with E-state index in [1.807, 2.05) is 16.8 Å². The van der Waals surface area contributed by atoms with Crippen molar-refractivity contribution in [1.29, 1.82) is 0 Å². The third kappa shape index (κ3) is 3.07. The third-order valence-corrected chi connectivity index (χ3v) is 4.25. The van der Waals surface area contributed by atoms with Crippen molar-refractivity contribution in [2.75, 3.05) is 6.54 Å². The van der Waals surface area contributed by atoms with Crippen LogP contribution in [0, 0.1) is 0 Å². The molecule has 0 aliphatic heterocycles. The van der Waals surface area contributed by atoms with Crippen LogP contribution in [0.2, 0.25) is 5.02 Å². The van der Waals surface area contributed by atoms with Gasteiger partial charge in [0.15, 0.2) is 0 Å². The lowest BCUT2D eigenvalue weighted by Crippen LogP contribution is -2.27. The lowest BCUT2D eigenvalue weighted by atomic mass is 10.2. The van der Waals surface area contributed by atoms with Crippen LogP contribution < -0.4 is 5.32 Å². The molecule has 2 aromatic heterocycles. The molecule has 1 unspecified atom stereocenters. The van der Waals surface area contributed by atoms with E-state index in [1.165, 1.54) is 22.7 Å². The molecule has 2 aromatic rings. The minimum atomic E-state index is -0.677. The van der Waals surface area contributed by atoms with Gasteiger partial charge in [0.2, 0.25) is 0 Å². The van der Waals surface area contributed by atoms with Crippen LogP contribution in [0.1, 0.15) is 21.3 Å². The number of rotatable bonds is 4. The van der Waals surface area contributed by atoms with Crippen molar-refractivity contribution in [2.45, 2.75) is 6.10 Å². The summed E-state index contributed by atoms with van der Waals surface area (Å²) < 4.78 is 0. The van der Waals surface area contributed by atoms with E-state index in [2.05, 4.69) is 5.32 Å². The lowest BCUT2D eigenvalue weighted by Gasteiger charge is -2.09. The topological polar surface area (TPSA) is 49.3 Å². The van der Waals surface area contributed by atoms with Crippen molar-refractivity contribution in [1.82, 2.24) is 5.32 Å². The molecule has 0 aliphatic carbocycles. The molecule has 6 heteroatoms. The summed E-state index contributed by atoms with van der Waals surface area (Å²) in [5.41, 5.74) is 0.813. The van der Waals surface area contributed by atoms with Crippen molar-refractivity contribution in [2.24, 2.45) is 0 Å². The number of amides is 1. The number of aliphatic hydroxyl groups excluding tert-OH is 1. The van der Waals surface area contributed by atoms with Gasteiger partial charge < -0.3 is 10.4 Å². The third-order valence-electron chi connectivity index (χ3n) is 2.21. The van der Waals surface area contributed by atoms with E-state index in [0.29, 0.717) is 9.90 Å². The summed E-state index contributed by atoms with van der Waals surface area (Å²) in [5.74, 6) is -0.251. The van der Waals surface area contributed by atoms with E-state index in [4.69, 9.17) is 11.6 Å². The van der Waals surface area contributed by atoms with E-state index in [0.717, 1.165) is 5.56 Å². The van der Waals surface area contributed by atoms with Gasteiger partial charge in [-0.15, -0.1) is 11.3 Å². The predicted molar refractivity (Wildman–Crippen MR) is 70.9 cm³/mol. The summed E-state index contributed by atoms with van der Waals surface area (Å²) in [5, 5.41) is 18.4. The molecular formula is C11H10ClNO2S2. The van der Waals surface area contributed by atoms with Crippen LogP contribution >= 0.6 is 34.3 Å². The first-order valence-electron chi connectivity index (χ1n) is 4.90. The second-order valence-corrected chi connectivity index (χ2v) is 5.48. The van der Waals surface area contributed by atoms with Crippen molar-refractivity contribution in [3.8, 4) is 0 Å². The average molecular weight is 288 g/mol. The first-order chi connectivity index (χ1) is 8.18. The maximum Gasteiger partial charge on any atom is 0.262 e. The smallest absolute Gasteiger partial charge is 0.262 e. The molecule has 0 aliphatic rings. The normalized spacial score (nSPS) is 12.4. The van der Waals surface area contributed by atoms with Crippen molar-refractivity contribution >= 4 is 40.2 Å². The monoisotopic (exact) mass is 287 g/mol. The fourth-order valence-electron chi connectivity index (χ4n) is 1.31. The molecular weight excluding hydrogens is 278 g/mol. The van der Waals surface area contributed by atoms with Gasteiger partial charge in [0.25, 0.3) is 5.91 Å². The summed E-state index contributed by atoms with van der Waals surface area (Å²) in [6.07, 6.45) is -0.677. The zero-order valence-electron chi connectivity index (χ0n) is 8.72. The van der Waals surface area contributed by atoms with Crippen LogP contribution in [0.25, 0.3) is 0 Å². The molecule has 3 nitrogen and oxygen atoms in total. The van der Waals surface area contributed by atoms with E-state index in [-0.39, 0.29) is 12.5 Å². The molecule has 0 fully saturated rings. The van der Waals surface area contributed by atoms with Gasteiger partial charge in [-0.25, -0.2) is 0 Å². The van der Waals surface area contributed by atoms with Crippen LogP contribution in [0.4, 0.5) is 0 Å². The zero-order valence-corrected chi connectivity index (χ0v) is 11.1. The number of hydrogen-bond donors (Lipinski definition) is 2. The molecule has 2 N–H and O–H groups in total. The number of carbonyl (C=O) groups is 1. The van der Waals surface area contributed by atoms with Crippen LogP contribution in [0.3, 0.4) is 0 Å². The van der Waals surface area contributed by atoms with Gasteiger partial charge in [-0.1, -0.05) is 11.6 Å². The van der Waals surface area contributed by atoms with Crippen molar-refractivity contribution < 1.29 is 9.90 Å². The van der Waals surface area contributed by atoms with Gasteiger partial charge in [-0.3, -0.25) is 4.79 Å². The van der Waals surface area contributed by atoms with Crippen LogP contribution in [-0.4, -0.2) is 17.6 Å². The first-order valence-corrected chi connectivity index (χ1v) is 7.10. The Labute approximate surface area is 112 Å². The number of halogens is 1. The second kappa shape index (κ2) is 5.64. The number of hydrogen-bond acceptors (Lipinski definition) is 4. The molecule has 2 heterocycles. The van der Waals surface area contributed by atoms with E-state index in [1.54, 1.807) is 11.4 Å². The molecule has 90 valence electrons. The highest BCUT2D eigenvalue weighted by Crippen LogP contribution is 2.22. The number of aliphatic hydroxyl groups is 1. The van der Waals surface area contributed by atoms with Crippen molar-refractivity contribution in [3.63, 3.8) is 0 Å². The van der Waals surface area contributed by atoms with Crippen LogP contribution in [-0.2, 0) is 0 Å². The highest BCUT2D eigenvalue weighted by atomic mass is 35.5. The SMILES string of the molecule is O=C(NCC(O)c1ccsc1)c1sccc1Cl. The number of nitrogens with one attached hydrogen (secondary N) is 1. The van der Waals surface area contributed by atoms with Crippen LogP contribution in [0.5, 0.6) is 0 Å². The Morgan fingerprint density at radius 1 is 1.47 bits per heavy atom. The molecule has 0 saturated carbocycles. The molecule has 0 radical (unpaired) electrons. The molecule has 0 saturated heterocycles. The van der Waals surface area contributed by atoms with Crippen LogP contribution in [0.15, 0.2) is 28.3 Å². The minimum Gasteiger partial charge on any atom is -0.387 e. The standard InChI is InChI=1S/C11H10ClNO2S2/c12-8-2-4-17-10(8)11(15)13-5-9(14)7-1-3-16-6-7/h1-4,6,9,14H,5H2,(H,13,15). The van der Waals surface area contributed by atoms with E-state index in [9.17, 15) is 9.90 Å². The number of carbonyl (C=O) groups excluding carboxylic acids is 1. The Morgan fingerprint density at radius 2 is 2.29 bits per heavy atom. The van der Waals surface area contributed by atoms with Gasteiger partial charge in [-0.2, -0.15) is 11.3 Å². The number of thiophene rings is 2. The quantitative estimate of drug-likeness (QED) is 0.908. The maximum atomic E-state index is 11.7. The van der Waals surface area contributed by atoms with E-state index >= 15 is 0 Å². The fraction of sp³-hybridized carbons (Fsp3) is 0.182. The highest BCUT2D eigenvalue weighted by molar-refractivity contribution is 7.12. The molecule has 2 rings (SSSR count).